The Labute approximate surface area is 643 Å². The Morgan fingerprint density at radius 3 is 0.707 bits per heavy atom. The van der Waals surface area contributed by atoms with Crippen molar-refractivity contribution in [3.05, 3.63) is 163 Å². The highest BCUT2D eigenvalue weighted by Crippen LogP contribution is 2.52. The Kier molecular flexibility index (Phi) is 29.5. The zero-order valence-corrected chi connectivity index (χ0v) is 69.6. The molecule has 99 heavy (non-hydrogen) atoms. The minimum absolute atomic E-state index is 1.14. The fraction of sp³-hybridized carbons (Fsp3) is 0.448. The van der Waals surface area contributed by atoms with Gasteiger partial charge in [-0.3, -0.25) is 0 Å². The number of hydrogen-bond acceptors (Lipinski definition) is 12. The second-order valence-corrected chi connectivity index (χ2v) is 40.0. The summed E-state index contributed by atoms with van der Waals surface area (Å²) in [5.74, 6) is 0. The molecule has 12 heteroatoms. The summed E-state index contributed by atoms with van der Waals surface area (Å²) in [5.41, 5.74) is 9.33. The van der Waals surface area contributed by atoms with Gasteiger partial charge in [-0.2, -0.15) is 0 Å². The van der Waals surface area contributed by atoms with Crippen molar-refractivity contribution in [1.29, 1.82) is 0 Å². The van der Waals surface area contributed by atoms with Crippen molar-refractivity contribution in [2.45, 2.75) is 253 Å². The standard InChI is InChI=1S/C87H104S12/c1-7-13-19-25-32-60-52-54-88-82(60)74-46-40-68(92-74)70-42-48-76(94-70)84-62(34-27-21-15-9-3)56-66(90-84)38-31-39-67-57-63(35-28-22-16-10-4)85(91-67)77-49-43-72(95-77)73-45-51-79(97-73)87-65(37-30-24-18-12-6)59-81(99-87)80-58-64(36-29-23-17-11-5)86(98-80)78-50-44-71(96-78)69-41-47-75(93-69)83-61(53-55-89-83)33-26-20-14-8-2/h40-59H,7-39H2,1-6H3. The van der Waals surface area contributed by atoms with Gasteiger partial charge in [0.15, 0.2) is 0 Å². The number of rotatable bonds is 44. The van der Waals surface area contributed by atoms with Crippen LogP contribution in [0.25, 0.3) is 97.5 Å². The van der Waals surface area contributed by atoms with Gasteiger partial charge in [0, 0.05) is 107 Å². The van der Waals surface area contributed by atoms with Gasteiger partial charge in [-0.1, -0.05) is 157 Å². The molecular formula is C87H104S12. The van der Waals surface area contributed by atoms with Crippen LogP contribution in [0.5, 0.6) is 0 Å². The van der Waals surface area contributed by atoms with Crippen LogP contribution in [0.1, 0.15) is 245 Å². The van der Waals surface area contributed by atoms with Gasteiger partial charge < -0.3 is 0 Å². The molecule has 12 heterocycles. The van der Waals surface area contributed by atoms with Crippen LogP contribution < -0.4 is 0 Å². The van der Waals surface area contributed by atoms with Gasteiger partial charge in [-0.25, -0.2) is 0 Å². The van der Waals surface area contributed by atoms with E-state index < -0.39 is 0 Å². The number of thiophene rings is 12. The van der Waals surface area contributed by atoms with Crippen molar-refractivity contribution in [3.8, 4) is 97.5 Å². The van der Waals surface area contributed by atoms with Crippen LogP contribution in [0.4, 0.5) is 0 Å². The van der Waals surface area contributed by atoms with Gasteiger partial charge in [0.2, 0.25) is 0 Å². The van der Waals surface area contributed by atoms with E-state index in [-0.39, 0.29) is 0 Å². The molecule has 12 aromatic heterocycles. The van der Waals surface area contributed by atoms with E-state index in [1.165, 1.54) is 295 Å². The summed E-state index contributed by atoms with van der Waals surface area (Å²) in [6.45, 7) is 14.0. The molecule has 0 saturated heterocycles. The first-order valence-corrected chi connectivity index (χ1v) is 48.0. The molecule has 12 rings (SSSR count). The van der Waals surface area contributed by atoms with Crippen molar-refractivity contribution in [2.24, 2.45) is 0 Å². The highest BCUT2D eigenvalue weighted by atomic mass is 32.1. The first-order chi connectivity index (χ1) is 48.8. The quantitative estimate of drug-likeness (QED) is 0.0334. The van der Waals surface area contributed by atoms with E-state index in [0.717, 1.165) is 25.7 Å². The highest BCUT2D eigenvalue weighted by Gasteiger charge is 2.23. The third kappa shape index (κ3) is 20.1. The van der Waals surface area contributed by atoms with E-state index in [1.807, 2.05) is 90.7 Å². The van der Waals surface area contributed by atoms with E-state index in [9.17, 15) is 0 Å². The molecule has 12 aromatic rings. The Bertz CT molecular complexity index is 4320. The molecule has 0 nitrogen and oxygen atoms in total. The maximum absolute atomic E-state index is 2.63. The molecule has 0 aromatic carbocycles. The van der Waals surface area contributed by atoms with Crippen LogP contribution in [-0.4, -0.2) is 0 Å². The molecule has 0 aliphatic heterocycles. The third-order valence-corrected chi connectivity index (χ3v) is 34.5. The second kappa shape index (κ2) is 39.0. The molecule has 0 radical (unpaired) electrons. The maximum atomic E-state index is 2.63. The Balaban J connectivity index is 0.750. The highest BCUT2D eigenvalue weighted by molar-refractivity contribution is 7.32. The fourth-order valence-electron chi connectivity index (χ4n) is 13.8. The predicted octanol–water partition coefficient (Wildman–Crippen LogP) is 34.0. The molecule has 0 N–H and O–H groups in total. The van der Waals surface area contributed by atoms with Gasteiger partial charge in [0.1, 0.15) is 0 Å². The van der Waals surface area contributed by atoms with Crippen LogP contribution in [0.3, 0.4) is 0 Å². The molecule has 0 spiro atoms. The fourth-order valence-corrected chi connectivity index (χ4v) is 28.0. The summed E-state index contributed by atoms with van der Waals surface area (Å²) in [4.78, 5) is 32.1. The van der Waals surface area contributed by atoms with Crippen LogP contribution >= 0.6 is 136 Å². The van der Waals surface area contributed by atoms with E-state index >= 15 is 0 Å². The van der Waals surface area contributed by atoms with Crippen molar-refractivity contribution < 1.29 is 0 Å². The smallest absolute Gasteiger partial charge is 0.0481 e. The number of aryl methyl sites for hydroxylation is 8. The van der Waals surface area contributed by atoms with Gasteiger partial charge in [-0.15, -0.1) is 136 Å². The minimum Gasteiger partial charge on any atom is -0.143 e. The Morgan fingerprint density at radius 1 is 0.182 bits per heavy atom. The van der Waals surface area contributed by atoms with Crippen LogP contribution in [0.15, 0.2) is 120 Å². The molecule has 0 saturated carbocycles. The van der Waals surface area contributed by atoms with Crippen molar-refractivity contribution in [2.75, 3.05) is 0 Å². The zero-order valence-electron chi connectivity index (χ0n) is 59.8. The maximum Gasteiger partial charge on any atom is 0.0481 e. The monoisotopic (exact) mass is 1530 g/mol. The van der Waals surface area contributed by atoms with Gasteiger partial charge >= 0.3 is 0 Å². The molecule has 524 valence electrons. The lowest BCUT2D eigenvalue weighted by molar-refractivity contribution is 0.667. The van der Waals surface area contributed by atoms with Gasteiger partial charge in [-0.05, 0) is 250 Å². The van der Waals surface area contributed by atoms with E-state index in [2.05, 4.69) is 207 Å². The molecule has 0 aliphatic carbocycles. The molecule has 0 unspecified atom stereocenters. The Hall–Kier alpha value is -3.60. The predicted molar refractivity (Wildman–Crippen MR) is 461 cm³/mol. The summed E-state index contributed by atoms with van der Waals surface area (Å²) in [6, 6.07) is 44.3. The van der Waals surface area contributed by atoms with E-state index in [1.54, 1.807) is 32.0 Å². The first-order valence-electron chi connectivity index (χ1n) is 38.1. The second-order valence-electron chi connectivity index (χ2n) is 27.3. The van der Waals surface area contributed by atoms with Gasteiger partial charge in [0.25, 0.3) is 0 Å². The third-order valence-electron chi connectivity index (χ3n) is 19.4. The molecule has 0 atom stereocenters. The van der Waals surface area contributed by atoms with Crippen molar-refractivity contribution in [3.63, 3.8) is 0 Å². The summed E-state index contributed by atoms with van der Waals surface area (Å²) in [5, 5.41) is 4.61. The summed E-state index contributed by atoms with van der Waals surface area (Å²) >= 11 is 24.2. The van der Waals surface area contributed by atoms with Crippen molar-refractivity contribution in [1.82, 2.24) is 0 Å². The van der Waals surface area contributed by atoms with Crippen molar-refractivity contribution >= 4 is 136 Å². The van der Waals surface area contributed by atoms with E-state index in [0.29, 0.717) is 0 Å². The average Bonchev–Trinajstić information content (AvgIpc) is 1.64. The first kappa shape index (κ1) is 75.1. The largest absolute Gasteiger partial charge is 0.143 e. The molecule has 0 amide bonds. The SMILES string of the molecule is CCCCCCc1ccsc1-c1ccc(-c2ccc(-c3sc(CCCc4cc(CCCCCC)c(-c5ccc(-c6ccc(-c7sc(-c8cc(CCCCCC)c(-c9ccc(-c%10ccc(-c%11sccc%11CCCCCC)s%10)s9)s8)cc7CCCCCC)s6)s5)s4)cc3CCCCCC)s2)s1. The lowest BCUT2D eigenvalue weighted by atomic mass is 10.0. The Morgan fingerprint density at radius 2 is 0.424 bits per heavy atom. The topological polar surface area (TPSA) is 0 Å². The summed E-state index contributed by atoms with van der Waals surface area (Å²) in [7, 11) is 0. The molecular weight excluding hydrogens is 1430 g/mol. The molecule has 0 aliphatic rings. The van der Waals surface area contributed by atoms with Gasteiger partial charge in [0.05, 0.1) is 0 Å². The number of hydrogen-bond donors (Lipinski definition) is 0. The molecule has 0 fully saturated rings. The van der Waals surface area contributed by atoms with Crippen LogP contribution in [-0.2, 0) is 51.4 Å². The van der Waals surface area contributed by atoms with Crippen LogP contribution in [0, 0.1) is 0 Å². The summed E-state index contributed by atoms with van der Waals surface area (Å²) < 4.78 is 0. The minimum atomic E-state index is 1.14. The lowest BCUT2D eigenvalue weighted by Gasteiger charge is -2.02. The summed E-state index contributed by atoms with van der Waals surface area (Å²) in [6.07, 6.45) is 41.7. The molecule has 0 bridgehead atoms. The van der Waals surface area contributed by atoms with E-state index in [4.69, 9.17) is 0 Å². The van der Waals surface area contributed by atoms with Crippen LogP contribution in [0.2, 0.25) is 0 Å². The lowest BCUT2D eigenvalue weighted by Crippen LogP contribution is -1.87. The zero-order chi connectivity index (χ0) is 68.1. The normalized spacial score (nSPS) is 11.9. The average molecular weight is 1530 g/mol. The number of unbranched alkanes of at least 4 members (excludes halogenated alkanes) is 18.